The van der Waals surface area contributed by atoms with E-state index in [1.54, 1.807) is 18.2 Å². The predicted molar refractivity (Wildman–Crippen MR) is 86.6 cm³/mol. The topological polar surface area (TPSA) is 72.2 Å². The Kier molecular flexibility index (Phi) is 5.65. The number of rotatable bonds is 7. The summed E-state index contributed by atoms with van der Waals surface area (Å²) in [5, 5.41) is 0. The summed E-state index contributed by atoms with van der Waals surface area (Å²) in [6.07, 6.45) is 8.12. The molecular formula is C16H26N2O2S. The number of nitrogens with one attached hydrogen (secondary N) is 1. The third-order valence-corrected chi connectivity index (χ3v) is 5.82. The van der Waals surface area contributed by atoms with Crippen molar-refractivity contribution >= 4 is 15.7 Å². The van der Waals surface area contributed by atoms with Crippen LogP contribution in [-0.4, -0.2) is 15.0 Å². The molecule has 1 aromatic rings. The number of nitrogens with two attached hydrogens (primary N) is 1. The fourth-order valence-electron chi connectivity index (χ4n) is 3.04. The van der Waals surface area contributed by atoms with Crippen LogP contribution in [0.3, 0.4) is 0 Å². The van der Waals surface area contributed by atoms with Crippen molar-refractivity contribution in [2.24, 2.45) is 5.92 Å². The van der Waals surface area contributed by atoms with Gasteiger partial charge in [-0.05, 0) is 42.9 Å². The van der Waals surface area contributed by atoms with Crippen LogP contribution in [0, 0.1) is 5.92 Å². The summed E-state index contributed by atoms with van der Waals surface area (Å²) in [4.78, 5) is 0.262. The Bertz CT molecular complexity index is 564. The Morgan fingerprint density at radius 1 is 1.29 bits per heavy atom. The van der Waals surface area contributed by atoms with E-state index < -0.39 is 10.0 Å². The SMILES string of the molecule is CCc1ccc(S(=O)(=O)NCCCC2CCCC2)cc1N. The molecule has 1 fully saturated rings. The van der Waals surface area contributed by atoms with E-state index in [1.807, 2.05) is 6.92 Å². The number of hydrogen-bond acceptors (Lipinski definition) is 3. The second kappa shape index (κ2) is 7.27. The zero-order valence-corrected chi connectivity index (χ0v) is 13.6. The van der Waals surface area contributed by atoms with E-state index in [0.29, 0.717) is 12.2 Å². The van der Waals surface area contributed by atoms with Crippen LogP contribution in [0.25, 0.3) is 0 Å². The minimum absolute atomic E-state index is 0.262. The van der Waals surface area contributed by atoms with E-state index >= 15 is 0 Å². The summed E-state index contributed by atoms with van der Waals surface area (Å²) in [6, 6.07) is 4.98. The van der Waals surface area contributed by atoms with E-state index in [0.717, 1.165) is 30.7 Å². The quantitative estimate of drug-likeness (QED) is 0.600. The van der Waals surface area contributed by atoms with Crippen LogP contribution in [0.5, 0.6) is 0 Å². The van der Waals surface area contributed by atoms with Crippen molar-refractivity contribution in [3.63, 3.8) is 0 Å². The summed E-state index contributed by atoms with van der Waals surface area (Å²) >= 11 is 0. The molecule has 0 aromatic heterocycles. The first-order valence-electron chi connectivity index (χ1n) is 7.91. The van der Waals surface area contributed by atoms with Crippen LogP contribution in [-0.2, 0) is 16.4 Å². The second-order valence-corrected chi connectivity index (χ2v) is 7.67. The van der Waals surface area contributed by atoms with Gasteiger partial charge in [0.05, 0.1) is 4.90 Å². The molecule has 0 saturated heterocycles. The van der Waals surface area contributed by atoms with E-state index in [2.05, 4.69) is 4.72 Å². The van der Waals surface area contributed by atoms with Gasteiger partial charge < -0.3 is 5.73 Å². The first-order chi connectivity index (χ1) is 10.0. The zero-order chi connectivity index (χ0) is 15.3. The lowest BCUT2D eigenvalue weighted by atomic mass is 10.0. The zero-order valence-electron chi connectivity index (χ0n) is 12.8. The van der Waals surface area contributed by atoms with Gasteiger partial charge in [-0.1, -0.05) is 38.7 Å². The fraction of sp³-hybridized carbons (Fsp3) is 0.625. The van der Waals surface area contributed by atoms with Crippen LogP contribution in [0.1, 0.15) is 51.0 Å². The van der Waals surface area contributed by atoms with Gasteiger partial charge >= 0.3 is 0 Å². The van der Waals surface area contributed by atoms with Crippen molar-refractivity contribution in [3.8, 4) is 0 Å². The fourth-order valence-corrected chi connectivity index (χ4v) is 4.15. The van der Waals surface area contributed by atoms with Crippen molar-refractivity contribution in [2.45, 2.75) is 56.8 Å². The molecule has 118 valence electrons. The van der Waals surface area contributed by atoms with Gasteiger partial charge in [0, 0.05) is 12.2 Å². The Morgan fingerprint density at radius 3 is 2.62 bits per heavy atom. The van der Waals surface area contributed by atoms with Crippen LogP contribution in [0.4, 0.5) is 5.69 Å². The highest BCUT2D eigenvalue weighted by molar-refractivity contribution is 7.89. The summed E-state index contributed by atoms with van der Waals surface area (Å²) in [7, 11) is -3.43. The van der Waals surface area contributed by atoms with Gasteiger partial charge in [-0.25, -0.2) is 13.1 Å². The second-order valence-electron chi connectivity index (χ2n) is 5.90. The molecule has 0 unspecified atom stereocenters. The van der Waals surface area contributed by atoms with Crippen molar-refractivity contribution in [2.75, 3.05) is 12.3 Å². The van der Waals surface area contributed by atoms with Crippen LogP contribution < -0.4 is 10.5 Å². The average Bonchev–Trinajstić information content (AvgIpc) is 2.97. The summed E-state index contributed by atoms with van der Waals surface area (Å²) in [5.74, 6) is 0.800. The lowest BCUT2D eigenvalue weighted by Crippen LogP contribution is -2.25. The van der Waals surface area contributed by atoms with E-state index in [-0.39, 0.29) is 4.90 Å². The molecule has 0 spiro atoms. The molecule has 0 aliphatic heterocycles. The van der Waals surface area contributed by atoms with Crippen LogP contribution in [0.2, 0.25) is 0 Å². The number of sulfonamides is 1. The normalized spacial score (nSPS) is 16.4. The standard InChI is InChI=1S/C16H26N2O2S/c1-2-14-9-10-15(12-16(14)17)21(19,20)18-11-5-8-13-6-3-4-7-13/h9-10,12-13,18H,2-8,11,17H2,1H3. The van der Waals surface area contributed by atoms with E-state index in [4.69, 9.17) is 5.73 Å². The van der Waals surface area contributed by atoms with Crippen molar-refractivity contribution in [1.82, 2.24) is 4.72 Å². The molecule has 21 heavy (non-hydrogen) atoms. The van der Waals surface area contributed by atoms with Gasteiger partial charge in [-0.15, -0.1) is 0 Å². The third kappa shape index (κ3) is 4.45. The van der Waals surface area contributed by atoms with Gasteiger partial charge in [0.2, 0.25) is 10.0 Å². The van der Waals surface area contributed by atoms with Gasteiger partial charge in [0.1, 0.15) is 0 Å². The first-order valence-corrected chi connectivity index (χ1v) is 9.39. The van der Waals surface area contributed by atoms with Gasteiger partial charge in [-0.2, -0.15) is 0 Å². The maximum Gasteiger partial charge on any atom is 0.240 e. The van der Waals surface area contributed by atoms with Crippen LogP contribution >= 0.6 is 0 Å². The largest absolute Gasteiger partial charge is 0.398 e. The maximum absolute atomic E-state index is 12.2. The third-order valence-electron chi connectivity index (χ3n) is 4.36. The molecule has 3 N–H and O–H groups in total. The van der Waals surface area contributed by atoms with Gasteiger partial charge in [-0.3, -0.25) is 0 Å². The molecule has 1 aliphatic rings. The van der Waals surface area contributed by atoms with E-state index in [9.17, 15) is 8.42 Å². The highest BCUT2D eigenvalue weighted by Crippen LogP contribution is 2.28. The summed E-state index contributed by atoms with van der Waals surface area (Å²) in [6.45, 7) is 2.51. The minimum atomic E-state index is -3.43. The molecular weight excluding hydrogens is 284 g/mol. The number of anilines is 1. The number of benzene rings is 1. The lowest BCUT2D eigenvalue weighted by molar-refractivity contribution is 0.480. The molecule has 0 heterocycles. The molecule has 0 bridgehead atoms. The molecule has 1 aromatic carbocycles. The summed E-state index contributed by atoms with van der Waals surface area (Å²) < 4.78 is 27.1. The van der Waals surface area contributed by atoms with Crippen molar-refractivity contribution in [3.05, 3.63) is 23.8 Å². The first kappa shape index (κ1) is 16.3. The highest BCUT2D eigenvalue weighted by Gasteiger charge is 2.17. The van der Waals surface area contributed by atoms with Crippen LogP contribution in [0.15, 0.2) is 23.1 Å². The average molecular weight is 310 g/mol. The Labute approximate surface area is 128 Å². The monoisotopic (exact) mass is 310 g/mol. The highest BCUT2D eigenvalue weighted by atomic mass is 32.2. The Morgan fingerprint density at radius 2 is 2.00 bits per heavy atom. The molecule has 5 heteroatoms. The Balaban J connectivity index is 1.87. The number of hydrogen-bond donors (Lipinski definition) is 2. The minimum Gasteiger partial charge on any atom is -0.398 e. The number of nitrogen functional groups attached to an aromatic ring is 1. The van der Waals surface area contributed by atoms with E-state index in [1.165, 1.54) is 25.7 Å². The molecule has 4 nitrogen and oxygen atoms in total. The summed E-state index contributed by atoms with van der Waals surface area (Å²) in [5.41, 5.74) is 7.40. The van der Waals surface area contributed by atoms with Gasteiger partial charge in [0.25, 0.3) is 0 Å². The maximum atomic E-state index is 12.2. The van der Waals surface area contributed by atoms with Gasteiger partial charge in [0.15, 0.2) is 0 Å². The predicted octanol–water partition coefficient (Wildman–Crippen LogP) is 3.08. The smallest absolute Gasteiger partial charge is 0.240 e. The lowest BCUT2D eigenvalue weighted by Gasteiger charge is -2.11. The number of aryl methyl sites for hydroxylation is 1. The Hall–Kier alpha value is -1.07. The molecule has 0 radical (unpaired) electrons. The molecule has 0 atom stereocenters. The molecule has 2 rings (SSSR count). The van der Waals surface area contributed by atoms with Crippen molar-refractivity contribution in [1.29, 1.82) is 0 Å². The van der Waals surface area contributed by atoms with Crippen molar-refractivity contribution < 1.29 is 8.42 Å². The molecule has 1 aliphatic carbocycles. The molecule has 0 amide bonds. The molecule has 1 saturated carbocycles.